The van der Waals surface area contributed by atoms with E-state index in [1.54, 1.807) is 11.3 Å². The molecule has 2 aromatic rings. The summed E-state index contributed by atoms with van der Waals surface area (Å²) in [5.74, 6) is 0.906. The SMILES string of the molecule is CC1=Nc2ccccc2/C1=C/c1sc(N2CCC(C)CC2)nc1O. The fourth-order valence-corrected chi connectivity index (χ4v) is 4.24. The predicted octanol–water partition coefficient (Wildman–Crippen LogP) is 4.73. The number of hydrogen-bond acceptors (Lipinski definition) is 5. The maximum absolute atomic E-state index is 10.3. The number of rotatable bonds is 2. The van der Waals surface area contributed by atoms with Gasteiger partial charge >= 0.3 is 0 Å². The van der Waals surface area contributed by atoms with Gasteiger partial charge in [0.1, 0.15) is 0 Å². The highest BCUT2D eigenvalue weighted by Gasteiger charge is 2.22. The number of piperidine rings is 1. The maximum atomic E-state index is 10.3. The number of anilines is 1. The van der Waals surface area contributed by atoms with Gasteiger partial charge in [-0.25, -0.2) is 0 Å². The number of hydrogen-bond donors (Lipinski definition) is 1. The smallest absolute Gasteiger partial charge is 0.231 e. The molecule has 5 heteroatoms. The number of benzene rings is 1. The lowest BCUT2D eigenvalue weighted by molar-refractivity contribution is 0.433. The molecule has 0 saturated carbocycles. The molecule has 0 amide bonds. The van der Waals surface area contributed by atoms with E-state index in [1.807, 2.05) is 31.2 Å². The van der Waals surface area contributed by atoms with Crippen molar-refractivity contribution in [2.24, 2.45) is 10.9 Å². The Bertz CT molecular complexity index is 829. The van der Waals surface area contributed by atoms with Crippen molar-refractivity contribution in [1.29, 1.82) is 0 Å². The minimum absolute atomic E-state index is 0.123. The average Bonchev–Trinajstić information content (AvgIpc) is 3.09. The van der Waals surface area contributed by atoms with Gasteiger partial charge in [0, 0.05) is 29.9 Å². The second-order valence-electron chi connectivity index (χ2n) is 6.63. The third kappa shape index (κ3) is 2.73. The van der Waals surface area contributed by atoms with Gasteiger partial charge in [0.25, 0.3) is 0 Å². The van der Waals surface area contributed by atoms with E-state index in [1.165, 1.54) is 12.8 Å². The van der Waals surface area contributed by atoms with Crippen LogP contribution in [0.2, 0.25) is 0 Å². The Hall–Kier alpha value is -2.14. The number of aliphatic imine (C=N–C) groups is 1. The molecular weight excluding hydrogens is 318 g/mol. The molecule has 0 unspecified atom stereocenters. The molecular formula is C19H21N3OS. The van der Waals surface area contributed by atoms with Crippen LogP contribution in [0.1, 0.15) is 37.1 Å². The Morgan fingerprint density at radius 1 is 1.25 bits per heavy atom. The van der Waals surface area contributed by atoms with E-state index in [4.69, 9.17) is 0 Å². The maximum Gasteiger partial charge on any atom is 0.231 e. The Balaban J connectivity index is 1.65. The summed E-state index contributed by atoms with van der Waals surface area (Å²) in [6, 6.07) is 8.12. The first-order valence-corrected chi connectivity index (χ1v) is 9.25. The molecule has 0 bridgehead atoms. The van der Waals surface area contributed by atoms with Crippen molar-refractivity contribution in [3.05, 3.63) is 34.7 Å². The fourth-order valence-electron chi connectivity index (χ4n) is 3.29. The molecule has 2 aliphatic rings. The molecule has 0 radical (unpaired) electrons. The summed E-state index contributed by atoms with van der Waals surface area (Å²) >= 11 is 1.56. The number of para-hydroxylation sites is 1. The molecule has 0 atom stereocenters. The Morgan fingerprint density at radius 3 is 2.79 bits per heavy atom. The van der Waals surface area contributed by atoms with Gasteiger partial charge in [0.15, 0.2) is 5.13 Å². The number of fused-ring (bicyclic) bond motifs is 1. The summed E-state index contributed by atoms with van der Waals surface area (Å²) in [6.07, 6.45) is 4.40. The highest BCUT2D eigenvalue weighted by molar-refractivity contribution is 7.16. The number of allylic oxidation sites excluding steroid dienone is 1. The molecule has 4 rings (SSSR count). The monoisotopic (exact) mass is 339 g/mol. The summed E-state index contributed by atoms with van der Waals surface area (Å²) in [5.41, 5.74) is 4.17. The van der Waals surface area contributed by atoms with Gasteiger partial charge in [-0.3, -0.25) is 4.99 Å². The number of nitrogens with zero attached hydrogens (tertiary/aromatic N) is 3. The first kappa shape index (κ1) is 15.4. The van der Waals surface area contributed by atoms with Gasteiger partial charge in [-0.05, 0) is 37.8 Å². The van der Waals surface area contributed by atoms with Crippen molar-refractivity contribution >= 4 is 39.5 Å². The number of aromatic hydroxyl groups is 1. The van der Waals surface area contributed by atoms with Crippen LogP contribution in [0.4, 0.5) is 10.8 Å². The minimum atomic E-state index is 0.123. The molecule has 3 heterocycles. The van der Waals surface area contributed by atoms with Crippen LogP contribution in [-0.4, -0.2) is 28.9 Å². The number of thiazole rings is 1. The summed E-state index contributed by atoms with van der Waals surface area (Å²) in [7, 11) is 0. The molecule has 1 saturated heterocycles. The van der Waals surface area contributed by atoms with Crippen LogP contribution in [0.3, 0.4) is 0 Å². The summed E-state index contributed by atoms with van der Waals surface area (Å²) in [6.45, 7) is 6.35. The van der Waals surface area contributed by atoms with E-state index in [0.717, 1.165) is 51.6 Å². The largest absolute Gasteiger partial charge is 0.492 e. The van der Waals surface area contributed by atoms with Crippen molar-refractivity contribution in [1.82, 2.24) is 4.98 Å². The van der Waals surface area contributed by atoms with E-state index in [9.17, 15) is 5.11 Å². The second kappa shape index (κ2) is 6.06. The molecule has 4 nitrogen and oxygen atoms in total. The Labute approximate surface area is 146 Å². The van der Waals surface area contributed by atoms with Crippen molar-refractivity contribution in [2.45, 2.75) is 26.7 Å². The van der Waals surface area contributed by atoms with Crippen LogP contribution in [0, 0.1) is 5.92 Å². The van der Waals surface area contributed by atoms with Crippen molar-refractivity contribution in [3.63, 3.8) is 0 Å². The van der Waals surface area contributed by atoms with Gasteiger partial charge in [-0.2, -0.15) is 4.98 Å². The molecule has 1 fully saturated rings. The average molecular weight is 339 g/mol. The minimum Gasteiger partial charge on any atom is -0.492 e. The van der Waals surface area contributed by atoms with Gasteiger partial charge in [-0.1, -0.05) is 36.5 Å². The molecule has 1 N–H and O–H groups in total. The van der Waals surface area contributed by atoms with Gasteiger partial charge in [0.2, 0.25) is 5.88 Å². The molecule has 24 heavy (non-hydrogen) atoms. The van der Waals surface area contributed by atoms with E-state index in [0.29, 0.717) is 0 Å². The summed E-state index contributed by atoms with van der Waals surface area (Å²) in [4.78, 5) is 12.1. The lowest BCUT2D eigenvalue weighted by Crippen LogP contribution is -2.32. The summed E-state index contributed by atoms with van der Waals surface area (Å²) < 4.78 is 0. The highest BCUT2D eigenvalue weighted by Crippen LogP contribution is 2.39. The Morgan fingerprint density at radius 2 is 2.00 bits per heavy atom. The van der Waals surface area contributed by atoms with Crippen molar-refractivity contribution in [3.8, 4) is 5.88 Å². The van der Waals surface area contributed by atoms with E-state index in [2.05, 4.69) is 27.9 Å². The fraction of sp³-hybridized carbons (Fsp3) is 0.368. The molecule has 1 aromatic carbocycles. The van der Waals surface area contributed by atoms with Crippen LogP contribution in [-0.2, 0) is 0 Å². The van der Waals surface area contributed by atoms with Crippen LogP contribution in [0.5, 0.6) is 5.88 Å². The van der Waals surface area contributed by atoms with Crippen LogP contribution in [0.25, 0.3) is 11.6 Å². The van der Waals surface area contributed by atoms with Gasteiger partial charge in [-0.15, -0.1) is 0 Å². The lowest BCUT2D eigenvalue weighted by atomic mass is 10.00. The van der Waals surface area contributed by atoms with Crippen molar-refractivity contribution in [2.75, 3.05) is 18.0 Å². The van der Waals surface area contributed by atoms with E-state index < -0.39 is 0 Å². The topological polar surface area (TPSA) is 48.7 Å². The lowest BCUT2D eigenvalue weighted by Gasteiger charge is -2.29. The zero-order valence-electron chi connectivity index (χ0n) is 14.0. The predicted molar refractivity (Wildman–Crippen MR) is 101 cm³/mol. The first-order chi connectivity index (χ1) is 11.6. The molecule has 0 aliphatic carbocycles. The normalized spacial score (nSPS) is 19.7. The Kier molecular flexibility index (Phi) is 3.88. The third-order valence-corrected chi connectivity index (χ3v) is 5.88. The van der Waals surface area contributed by atoms with E-state index in [-0.39, 0.29) is 5.88 Å². The molecule has 0 spiro atoms. The van der Waals surface area contributed by atoms with Crippen LogP contribution in [0.15, 0.2) is 29.3 Å². The van der Waals surface area contributed by atoms with Gasteiger partial charge in [0.05, 0.1) is 10.6 Å². The zero-order valence-corrected chi connectivity index (χ0v) is 14.8. The first-order valence-electron chi connectivity index (χ1n) is 8.43. The van der Waals surface area contributed by atoms with Gasteiger partial charge < -0.3 is 10.0 Å². The van der Waals surface area contributed by atoms with Crippen molar-refractivity contribution < 1.29 is 5.11 Å². The molecule has 1 aromatic heterocycles. The molecule has 124 valence electrons. The highest BCUT2D eigenvalue weighted by atomic mass is 32.1. The quantitative estimate of drug-likeness (QED) is 0.860. The second-order valence-corrected chi connectivity index (χ2v) is 7.64. The van der Waals surface area contributed by atoms with E-state index >= 15 is 0 Å². The standard InChI is InChI=1S/C19H21N3OS/c1-12-7-9-22(10-8-12)19-21-18(23)17(24-19)11-15-13(2)20-16-6-4-3-5-14(15)16/h3-6,11-12,23H,7-10H2,1-2H3/b15-11+. The summed E-state index contributed by atoms with van der Waals surface area (Å²) in [5, 5.41) is 11.2. The zero-order chi connectivity index (χ0) is 16.7. The number of aromatic nitrogens is 1. The third-order valence-electron chi connectivity index (χ3n) is 4.82. The van der Waals surface area contributed by atoms with Crippen LogP contribution < -0.4 is 4.90 Å². The van der Waals surface area contributed by atoms with Crippen LogP contribution >= 0.6 is 11.3 Å². The molecule has 2 aliphatic heterocycles.